The van der Waals surface area contributed by atoms with Gasteiger partial charge in [-0.05, 0) is 61.8 Å². The van der Waals surface area contributed by atoms with Crippen molar-refractivity contribution < 1.29 is 18.7 Å². The van der Waals surface area contributed by atoms with Gasteiger partial charge in [0.05, 0.1) is 25.7 Å². The summed E-state index contributed by atoms with van der Waals surface area (Å²) in [5.41, 5.74) is 1.96. The lowest BCUT2D eigenvalue weighted by molar-refractivity contribution is -0.132. The third-order valence-electron chi connectivity index (χ3n) is 5.62. The topological polar surface area (TPSA) is 38.8 Å². The van der Waals surface area contributed by atoms with Crippen LogP contribution in [-0.2, 0) is 20.7 Å². The first-order chi connectivity index (χ1) is 12.0. The molecule has 0 radical (unpaired) electrons. The number of piperidine rings is 1. The lowest BCUT2D eigenvalue weighted by Crippen LogP contribution is -2.44. The maximum Gasteiger partial charge on any atom is 0.226 e. The van der Waals surface area contributed by atoms with Crippen LogP contribution < -0.4 is 0 Å². The average molecular weight is 349 g/mol. The molecule has 4 nitrogen and oxygen atoms in total. The minimum atomic E-state index is -0.253. The second-order valence-corrected chi connectivity index (χ2v) is 7.42. The molecule has 25 heavy (non-hydrogen) atoms. The van der Waals surface area contributed by atoms with Gasteiger partial charge in [0, 0.05) is 19.7 Å². The number of hydrogen-bond acceptors (Lipinski definition) is 3. The van der Waals surface area contributed by atoms with Gasteiger partial charge in [-0.1, -0.05) is 6.07 Å². The molecule has 1 spiro atoms. The van der Waals surface area contributed by atoms with Crippen LogP contribution in [0.2, 0.25) is 0 Å². The molecule has 0 N–H and O–H groups in total. The highest BCUT2D eigenvalue weighted by molar-refractivity contribution is 5.79. The molecule has 5 heteroatoms. The molecule has 1 unspecified atom stereocenters. The molecule has 2 aliphatic heterocycles. The van der Waals surface area contributed by atoms with E-state index in [9.17, 15) is 9.18 Å². The summed E-state index contributed by atoms with van der Waals surface area (Å²) in [6.07, 6.45) is 3.56. The molecule has 1 amide bonds. The van der Waals surface area contributed by atoms with Crippen molar-refractivity contribution in [1.82, 2.24) is 4.90 Å². The van der Waals surface area contributed by atoms with E-state index in [0.29, 0.717) is 13.0 Å². The Hall–Kier alpha value is -1.46. The molecule has 1 aromatic carbocycles. The van der Waals surface area contributed by atoms with Crippen LogP contribution in [-0.4, -0.2) is 49.8 Å². The van der Waals surface area contributed by atoms with Gasteiger partial charge in [0.2, 0.25) is 5.91 Å². The smallest absolute Gasteiger partial charge is 0.226 e. The largest absolute Gasteiger partial charge is 0.379 e. The summed E-state index contributed by atoms with van der Waals surface area (Å²) in [5, 5.41) is 0. The van der Waals surface area contributed by atoms with Crippen molar-refractivity contribution in [3.05, 3.63) is 35.1 Å². The van der Waals surface area contributed by atoms with Gasteiger partial charge in [-0.25, -0.2) is 4.39 Å². The molecule has 3 rings (SSSR count). The van der Waals surface area contributed by atoms with Crippen LogP contribution >= 0.6 is 0 Å². The fraction of sp³-hybridized carbons (Fsp3) is 0.650. The Kier molecular flexibility index (Phi) is 5.74. The van der Waals surface area contributed by atoms with Gasteiger partial charge in [0.15, 0.2) is 0 Å². The van der Waals surface area contributed by atoms with E-state index in [-0.39, 0.29) is 23.2 Å². The van der Waals surface area contributed by atoms with Crippen molar-refractivity contribution in [2.24, 2.45) is 5.41 Å². The zero-order valence-corrected chi connectivity index (χ0v) is 15.2. The summed E-state index contributed by atoms with van der Waals surface area (Å²) in [6.45, 7) is 7.59. The Morgan fingerprint density at radius 2 is 2.16 bits per heavy atom. The number of aryl methyl sites for hydroxylation is 1. The second-order valence-electron chi connectivity index (χ2n) is 7.42. The van der Waals surface area contributed by atoms with Crippen molar-refractivity contribution in [2.75, 3.05) is 32.9 Å². The predicted molar refractivity (Wildman–Crippen MR) is 93.9 cm³/mol. The van der Waals surface area contributed by atoms with Gasteiger partial charge in [-0.15, -0.1) is 0 Å². The van der Waals surface area contributed by atoms with Gasteiger partial charge >= 0.3 is 0 Å². The molecule has 2 saturated heterocycles. The van der Waals surface area contributed by atoms with Crippen molar-refractivity contribution in [2.45, 2.75) is 45.6 Å². The molecular weight excluding hydrogens is 321 g/mol. The first kappa shape index (κ1) is 18.3. The van der Waals surface area contributed by atoms with Crippen LogP contribution in [0.1, 0.15) is 37.3 Å². The van der Waals surface area contributed by atoms with Crippen molar-refractivity contribution in [1.29, 1.82) is 0 Å². The van der Waals surface area contributed by atoms with Crippen molar-refractivity contribution in [3.8, 4) is 0 Å². The Morgan fingerprint density at radius 3 is 2.84 bits per heavy atom. The number of nitrogens with zero attached hydrogens (tertiary/aromatic N) is 1. The normalized spacial score (nSPS) is 22.5. The van der Waals surface area contributed by atoms with Crippen molar-refractivity contribution in [3.63, 3.8) is 0 Å². The molecule has 2 fully saturated rings. The Balaban J connectivity index is 1.51. The molecule has 1 aromatic rings. The Bertz CT molecular complexity index is 611. The maximum atomic E-state index is 13.2. The lowest BCUT2D eigenvalue weighted by atomic mass is 9.76. The predicted octanol–water partition coefficient (Wildman–Crippen LogP) is 3.11. The van der Waals surface area contributed by atoms with Gasteiger partial charge in [0.1, 0.15) is 5.82 Å². The molecule has 0 aromatic heterocycles. The van der Waals surface area contributed by atoms with E-state index in [1.807, 2.05) is 18.7 Å². The number of benzene rings is 1. The average Bonchev–Trinajstić information content (AvgIpc) is 2.99. The molecule has 1 atom stereocenters. The van der Waals surface area contributed by atoms with Crippen LogP contribution in [0.4, 0.5) is 4.39 Å². The summed E-state index contributed by atoms with van der Waals surface area (Å²) in [5.74, 6) is -0.120. The number of halogens is 1. The SMILES string of the molecule is CCOCC1CC2(CCN(C(=O)Cc3ccc(F)cc3C)CC2)CO1. The lowest BCUT2D eigenvalue weighted by Gasteiger charge is -2.38. The summed E-state index contributed by atoms with van der Waals surface area (Å²) in [4.78, 5) is 14.5. The summed E-state index contributed by atoms with van der Waals surface area (Å²) >= 11 is 0. The van der Waals surface area contributed by atoms with E-state index in [0.717, 1.165) is 56.7 Å². The van der Waals surface area contributed by atoms with Crippen LogP contribution in [0, 0.1) is 18.2 Å². The highest BCUT2D eigenvalue weighted by Gasteiger charge is 2.43. The zero-order chi connectivity index (χ0) is 17.9. The van der Waals surface area contributed by atoms with Gasteiger partial charge < -0.3 is 14.4 Å². The minimum Gasteiger partial charge on any atom is -0.379 e. The minimum absolute atomic E-state index is 0.134. The number of ether oxygens (including phenoxy) is 2. The quantitative estimate of drug-likeness (QED) is 0.820. The number of hydrogen-bond donors (Lipinski definition) is 0. The van der Waals surface area contributed by atoms with Crippen molar-refractivity contribution >= 4 is 5.91 Å². The van der Waals surface area contributed by atoms with E-state index >= 15 is 0 Å². The number of carbonyl (C=O) groups excluding carboxylic acids is 1. The summed E-state index contributed by atoms with van der Waals surface area (Å²) < 4.78 is 24.6. The summed E-state index contributed by atoms with van der Waals surface area (Å²) in [7, 11) is 0. The fourth-order valence-corrected chi connectivity index (χ4v) is 3.96. The Labute approximate surface area is 149 Å². The first-order valence-corrected chi connectivity index (χ1v) is 9.23. The molecule has 0 saturated carbocycles. The van der Waals surface area contributed by atoms with Crippen LogP contribution in [0.25, 0.3) is 0 Å². The van der Waals surface area contributed by atoms with Crippen LogP contribution in [0.15, 0.2) is 18.2 Å². The van der Waals surface area contributed by atoms with E-state index < -0.39 is 0 Å². The standard InChI is InChI=1S/C20H28FNO3/c1-3-24-13-18-12-20(14-25-18)6-8-22(9-7-20)19(23)11-16-4-5-17(21)10-15(16)2/h4-5,10,18H,3,6-9,11-14H2,1-2H3. The molecule has 2 heterocycles. The highest BCUT2D eigenvalue weighted by Crippen LogP contribution is 2.42. The fourth-order valence-electron chi connectivity index (χ4n) is 3.96. The number of amides is 1. The van der Waals surface area contributed by atoms with Gasteiger partial charge in [0.25, 0.3) is 0 Å². The van der Waals surface area contributed by atoms with E-state index in [1.54, 1.807) is 6.07 Å². The number of rotatable bonds is 5. The first-order valence-electron chi connectivity index (χ1n) is 9.23. The molecule has 0 bridgehead atoms. The number of carbonyl (C=O) groups is 1. The molecule has 138 valence electrons. The van der Waals surface area contributed by atoms with Crippen LogP contribution in [0.3, 0.4) is 0 Å². The van der Waals surface area contributed by atoms with E-state index in [4.69, 9.17) is 9.47 Å². The molecule has 0 aliphatic carbocycles. The van der Waals surface area contributed by atoms with E-state index in [2.05, 4.69) is 0 Å². The van der Waals surface area contributed by atoms with E-state index in [1.165, 1.54) is 12.1 Å². The van der Waals surface area contributed by atoms with Crippen LogP contribution in [0.5, 0.6) is 0 Å². The number of likely N-dealkylation sites (tertiary alicyclic amines) is 1. The maximum absolute atomic E-state index is 13.2. The monoisotopic (exact) mass is 349 g/mol. The Morgan fingerprint density at radius 1 is 1.40 bits per heavy atom. The second kappa shape index (κ2) is 7.83. The molecular formula is C20H28FNO3. The van der Waals surface area contributed by atoms with Gasteiger partial charge in [-0.3, -0.25) is 4.79 Å². The highest BCUT2D eigenvalue weighted by atomic mass is 19.1. The third kappa shape index (κ3) is 4.39. The van der Waals surface area contributed by atoms with Gasteiger partial charge in [-0.2, -0.15) is 0 Å². The zero-order valence-electron chi connectivity index (χ0n) is 15.2. The summed E-state index contributed by atoms with van der Waals surface area (Å²) in [6, 6.07) is 4.63. The molecule has 2 aliphatic rings. The third-order valence-corrected chi connectivity index (χ3v) is 5.62.